The van der Waals surface area contributed by atoms with E-state index in [2.05, 4.69) is 31.9 Å². The number of piperidine rings is 1. The summed E-state index contributed by atoms with van der Waals surface area (Å²) in [6.07, 6.45) is 13.4. The molecule has 6 nitrogen and oxygen atoms in total. The van der Waals surface area contributed by atoms with Gasteiger partial charge in [-0.15, -0.1) is 10.2 Å². The lowest BCUT2D eigenvalue weighted by Crippen LogP contribution is -2.50. The maximum absolute atomic E-state index is 4.97. The molecule has 144 valence electrons. The molecule has 4 rings (SSSR count). The molecule has 1 saturated carbocycles. The molecule has 1 spiro atoms. The van der Waals surface area contributed by atoms with Crippen molar-refractivity contribution in [2.75, 3.05) is 19.6 Å². The second kappa shape index (κ2) is 7.97. The van der Waals surface area contributed by atoms with Crippen LogP contribution in [0.15, 0.2) is 4.99 Å². The van der Waals surface area contributed by atoms with Crippen molar-refractivity contribution < 1.29 is 0 Å². The van der Waals surface area contributed by atoms with E-state index in [9.17, 15) is 0 Å². The molecule has 3 aliphatic rings. The molecule has 0 radical (unpaired) electrons. The number of aliphatic imine (C=N–C) groups is 1. The predicted octanol–water partition coefficient (Wildman–Crippen LogP) is 3.13. The first-order valence-electron chi connectivity index (χ1n) is 10.7. The van der Waals surface area contributed by atoms with E-state index >= 15 is 0 Å². The van der Waals surface area contributed by atoms with Crippen LogP contribution in [0.1, 0.15) is 76.4 Å². The predicted molar refractivity (Wildman–Crippen MR) is 104 cm³/mol. The fourth-order valence-electron chi connectivity index (χ4n) is 5.17. The van der Waals surface area contributed by atoms with Gasteiger partial charge in [-0.1, -0.05) is 25.7 Å². The van der Waals surface area contributed by atoms with Crippen LogP contribution in [0.5, 0.6) is 0 Å². The summed E-state index contributed by atoms with van der Waals surface area (Å²) in [7, 11) is 0. The highest BCUT2D eigenvalue weighted by atomic mass is 15.3. The minimum Gasteiger partial charge on any atom is -0.357 e. The summed E-state index contributed by atoms with van der Waals surface area (Å²) >= 11 is 0. The summed E-state index contributed by atoms with van der Waals surface area (Å²) in [5, 5.41) is 12.2. The SMILES string of the molecule is CCNC(=NCc1nnc2n1CCC2)N1CCCC2(CCCCCC2)C1. The van der Waals surface area contributed by atoms with Gasteiger partial charge in [0.25, 0.3) is 0 Å². The second-order valence-corrected chi connectivity index (χ2v) is 8.40. The van der Waals surface area contributed by atoms with E-state index in [4.69, 9.17) is 4.99 Å². The fraction of sp³-hybridized carbons (Fsp3) is 0.850. The van der Waals surface area contributed by atoms with E-state index in [0.29, 0.717) is 12.0 Å². The van der Waals surface area contributed by atoms with E-state index in [1.54, 1.807) is 0 Å². The van der Waals surface area contributed by atoms with Crippen molar-refractivity contribution in [1.29, 1.82) is 0 Å². The number of rotatable bonds is 3. The average Bonchev–Trinajstić information content (AvgIpc) is 3.20. The highest BCUT2D eigenvalue weighted by molar-refractivity contribution is 5.80. The summed E-state index contributed by atoms with van der Waals surface area (Å²) < 4.78 is 2.26. The van der Waals surface area contributed by atoms with E-state index in [1.165, 1.54) is 64.3 Å². The van der Waals surface area contributed by atoms with Crippen LogP contribution in [-0.4, -0.2) is 45.3 Å². The summed E-state index contributed by atoms with van der Waals surface area (Å²) in [5.41, 5.74) is 0.529. The van der Waals surface area contributed by atoms with Gasteiger partial charge in [-0.05, 0) is 44.4 Å². The molecule has 26 heavy (non-hydrogen) atoms. The quantitative estimate of drug-likeness (QED) is 0.666. The van der Waals surface area contributed by atoms with Crippen molar-refractivity contribution in [3.8, 4) is 0 Å². The lowest BCUT2D eigenvalue weighted by atomic mass is 9.74. The number of aromatic nitrogens is 3. The molecule has 1 aromatic rings. The van der Waals surface area contributed by atoms with Gasteiger partial charge in [0.15, 0.2) is 11.8 Å². The third-order valence-electron chi connectivity index (χ3n) is 6.52. The number of fused-ring (bicyclic) bond motifs is 1. The normalized spacial score (nSPS) is 23.1. The molecular weight excluding hydrogens is 324 g/mol. The Bertz CT molecular complexity index is 626. The highest BCUT2D eigenvalue weighted by Gasteiger charge is 2.36. The van der Waals surface area contributed by atoms with E-state index < -0.39 is 0 Å². The number of nitrogens with zero attached hydrogens (tertiary/aromatic N) is 5. The molecule has 0 aromatic carbocycles. The maximum Gasteiger partial charge on any atom is 0.194 e. The van der Waals surface area contributed by atoms with Crippen LogP contribution in [0.3, 0.4) is 0 Å². The Labute approximate surface area is 157 Å². The summed E-state index contributed by atoms with van der Waals surface area (Å²) in [4.78, 5) is 7.49. The molecule has 0 atom stereocenters. The lowest BCUT2D eigenvalue weighted by molar-refractivity contribution is 0.115. The third-order valence-corrected chi connectivity index (χ3v) is 6.52. The number of nitrogens with one attached hydrogen (secondary N) is 1. The molecule has 2 fully saturated rings. The van der Waals surface area contributed by atoms with Crippen LogP contribution < -0.4 is 5.32 Å². The van der Waals surface area contributed by atoms with Crippen molar-refractivity contribution in [1.82, 2.24) is 25.0 Å². The third kappa shape index (κ3) is 3.74. The van der Waals surface area contributed by atoms with Gasteiger partial charge in [0.1, 0.15) is 12.4 Å². The first kappa shape index (κ1) is 17.8. The number of guanidine groups is 1. The zero-order valence-corrected chi connectivity index (χ0v) is 16.3. The monoisotopic (exact) mass is 358 g/mol. The highest BCUT2D eigenvalue weighted by Crippen LogP contribution is 2.42. The number of likely N-dealkylation sites (tertiary alicyclic amines) is 1. The van der Waals surface area contributed by atoms with E-state index in [0.717, 1.165) is 43.7 Å². The Morgan fingerprint density at radius 3 is 2.65 bits per heavy atom. The standard InChI is InChI=1S/C20H34N6/c1-2-21-19(22-15-18-24-23-17-9-7-14-26(17)18)25-13-8-12-20(16-25)10-5-3-4-6-11-20/h2-16H2,1H3,(H,21,22). The lowest BCUT2D eigenvalue weighted by Gasteiger charge is -2.44. The molecule has 1 aliphatic carbocycles. The van der Waals surface area contributed by atoms with Crippen molar-refractivity contribution in [2.24, 2.45) is 10.4 Å². The zero-order chi connectivity index (χ0) is 17.8. The molecule has 0 amide bonds. The van der Waals surface area contributed by atoms with Crippen LogP contribution in [0.4, 0.5) is 0 Å². The van der Waals surface area contributed by atoms with Crippen LogP contribution in [-0.2, 0) is 19.5 Å². The smallest absolute Gasteiger partial charge is 0.194 e. The summed E-state index contributed by atoms with van der Waals surface area (Å²) in [6, 6.07) is 0. The van der Waals surface area contributed by atoms with Crippen molar-refractivity contribution in [2.45, 2.75) is 84.2 Å². The molecular formula is C20H34N6. The van der Waals surface area contributed by atoms with Gasteiger partial charge in [0.2, 0.25) is 0 Å². The summed E-state index contributed by atoms with van der Waals surface area (Å²) in [5.74, 6) is 3.23. The first-order valence-corrected chi connectivity index (χ1v) is 10.7. The van der Waals surface area contributed by atoms with Gasteiger partial charge < -0.3 is 14.8 Å². The number of hydrogen-bond acceptors (Lipinski definition) is 3. The van der Waals surface area contributed by atoms with Gasteiger partial charge in [-0.2, -0.15) is 0 Å². The molecule has 1 saturated heterocycles. The Morgan fingerprint density at radius 1 is 1.04 bits per heavy atom. The Kier molecular flexibility index (Phi) is 5.46. The van der Waals surface area contributed by atoms with Gasteiger partial charge in [0, 0.05) is 32.6 Å². The minimum atomic E-state index is 0.529. The van der Waals surface area contributed by atoms with Crippen molar-refractivity contribution in [3.05, 3.63) is 11.6 Å². The van der Waals surface area contributed by atoms with Gasteiger partial charge in [-0.25, -0.2) is 4.99 Å². The van der Waals surface area contributed by atoms with Gasteiger partial charge in [-0.3, -0.25) is 0 Å². The van der Waals surface area contributed by atoms with Crippen LogP contribution in [0, 0.1) is 5.41 Å². The number of aryl methyl sites for hydroxylation is 1. The number of hydrogen-bond donors (Lipinski definition) is 1. The topological polar surface area (TPSA) is 58.3 Å². The van der Waals surface area contributed by atoms with E-state index in [-0.39, 0.29) is 0 Å². The molecule has 2 aliphatic heterocycles. The molecule has 1 aromatic heterocycles. The molecule has 3 heterocycles. The molecule has 0 unspecified atom stereocenters. The Hall–Kier alpha value is -1.59. The average molecular weight is 359 g/mol. The van der Waals surface area contributed by atoms with Crippen molar-refractivity contribution in [3.63, 3.8) is 0 Å². The van der Waals surface area contributed by atoms with Crippen LogP contribution in [0.25, 0.3) is 0 Å². The van der Waals surface area contributed by atoms with Gasteiger partial charge >= 0.3 is 0 Å². The molecule has 1 N–H and O–H groups in total. The summed E-state index contributed by atoms with van der Waals surface area (Å²) in [6.45, 7) is 7.08. The second-order valence-electron chi connectivity index (χ2n) is 8.40. The van der Waals surface area contributed by atoms with E-state index in [1.807, 2.05) is 0 Å². The Morgan fingerprint density at radius 2 is 1.85 bits per heavy atom. The Balaban J connectivity index is 1.47. The first-order chi connectivity index (χ1) is 12.8. The minimum absolute atomic E-state index is 0.529. The van der Waals surface area contributed by atoms with Crippen molar-refractivity contribution >= 4 is 5.96 Å². The van der Waals surface area contributed by atoms with Crippen LogP contribution >= 0.6 is 0 Å². The molecule has 6 heteroatoms. The fourth-order valence-corrected chi connectivity index (χ4v) is 5.17. The zero-order valence-electron chi connectivity index (χ0n) is 16.3. The molecule has 0 bridgehead atoms. The van der Waals surface area contributed by atoms with Gasteiger partial charge in [0.05, 0.1) is 0 Å². The largest absolute Gasteiger partial charge is 0.357 e. The maximum atomic E-state index is 4.97. The van der Waals surface area contributed by atoms with Crippen LogP contribution in [0.2, 0.25) is 0 Å².